The number of hydrogen-bond donors (Lipinski definition) is 3. The van der Waals surface area contributed by atoms with E-state index >= 15 is 0 Å². The van der Waals surface area contributed by atoms with Gasteiger partial charge in [0.1, 0.15) is 5.92 Å². The quantitative estimate of drug-likeness (QED) is 0.416. The van der Waals surface area contributed by atoms with Gasteiger partial charge in [-0.25, -0.2) is 0 Å². The average molecular weight is 396 g/mol. The third kappa shape index (κ3) is 4.17. The van der Waals surface area contributed by atoms with Crippen molar-refractivity contribution in [3.05, 3.63) is 81.5 Å². The van der Waals surface area contributed by atoms with Crippen LogP contribution in [0.1, 0.15) is 22.7 Å². The van der Waals surface area contributed by atoms with E-state index in [2.05, 4.69) is 22.5 Å². The Hall–Kier alpha value is -3.26. The summed E-state index contributed by atoms with van der Waals surface area (Å²) in [5.41, 5.74) is 3.94. The van der Waals surface area contributed by atoms with Gasteiger partial charge in [-0.2, -0.15) is 0 Å². The molecular formula is C20H20N4O3S. The minimum Gasteiger partial charge on any atom is -0.354 e. The van der Waals surface area contributed by atoms with E-state index in [0.717, 1.165) is 11.1 Å². The molecule has 7 nitrogen and oxygen atoms in total. The first-order chi connectivity index (χ1) is 13.2. The molecule has 0 radical (unpaired) electrons. The Labute approximate surface area is 168 Å². The molecule has 1 aliphatic rings. The van der Waals surface area contributed by atoms with Crippen molar-refractivity contribution in [1.29, 1.82) is 0 Å². The van der Waals surface area contributed by atoms with E-state index < -0.39 is 16.9 Å². The Kier molecular flexibility index (Phi) is 5.41. The molecule has 3 N–H and O–H groups in total. The maximum atomic E-state index is 13.1. The van der Waals surface area contributed by atoms with Gasteiger partial charge >= 0.3 is 0 Å². The van der Waals surface area contributed by atoms with Crippen LogP contribution in [-0.2, 0) is 4.79 Å². The van der Waals surface area contributed by atoms with Crippen LogP contribution in [0.4, 0.5) is 11.4 Å². The van der Waals surface area contributed by atoms with Crippen molar-refractivity contribution < 1.29 is 9.72 Å². The summed E-state index contributed by atoms with van der Waals surface area (Å²) in [6.45, 7) is 7.88. The van der Waals surface area contributed by atoms with Crippen LogP contribution in [0, 0.1) is 29.9 Å². The number of nitro benzene ring substituents is 1. The Morgan fingerprint density at radius 3 is 2.36 bits per heavy atom. The number of anilines is 1. The second kappa shape index (κ2) is 7.77. The predicted octanol–water partition coefficient (Wildman–Crippen LogP) is 3.50. The second-order valence-corrected chi connectivity index (χ2v) is 7.20. The summed E-state index contributed by atoms with van der Waals surface area (Å²) in [4.78, 5) is 23.5. The maximum absolute atomic E-state index is 13.1. The summed E-state index contributed by atoms with van der Waals surface area (Å²) in [5.74, 6) is -0.908. The highest BCUT2D eigenvalue weighted by Crippen LogP contribution is 2.31. The Bertz CT molecular complexity index is 952. The smallest absolute Gasteiger partial charge is 0.269 e. The number of thiocarbonyl (C=S) groups is 1. The number of benzene rings is 2. The SMILES string of the molecule is C=C1NC(=S)N[C@@H](c2ccc([N+](=O)[O-])cc2)[C@@H]1C(=O)Nc1cc(C)cc(C)c1. The Morgan fingerprint density at radius 1 is 1.18 bits per heavy atom. The van der Waals surface area contributed by atoms with Gasteiger partial charge in [-0.3, -0.25) is 14.9 Å². The number of nitrogens with zero attached hydrogens (tertiary/aromatic N) is 1. The number of rotatable bonds is 4. The zero-order valence-electron chi connectivity index (χ0n) is 15.5. The highest BCUT2D eigenvalue weighted by molar-refractivity contribution is 7.80. The van der Waals surface area contributed by atoms with Crippen molar-refractivity contribution in [2.75, 3.05) is 5.32 Å². The van der Waals surface area contributed by atoms with Crippen LogP contribution in [-0.4, -0.2) is 15.9 Å². The molecule has 2 aromatic rings. The molecule has 3 rings (SSSR count). The molecule has 8 heteroatoms. The molecular weight excluding hydrogens is 376 g/mol. The highest BCUT2D eigenvalue weighted by atomic mass is 32.1. The van der Waals surface area contributed by atoms with Crippen LogP contribution in [0.3, 0.4) is 0 Å². The molecule has 28 heavy (non-hydrogen) atoms. The largest absolute Gasteiger partial charge is 0.354 e. The predicted molar refractivity (Wildman–Crippen MR) is 112 cm³/mol. The zero-order chi connectivity index (χ0) is 20.4. The fourth-order valence-electron chi connectivity index (χ4n) is 3.34. The molecule has 1 fully saturated rings. The molecule has 0 aliphatic carbocycles. The van der Waals surface area contributed by atoms with Crippen LogP contribution in [0.25, 0.3) is 0 Å². The lowest BCUT2D eigenvalue weighted by Crippen LogP contribution is -2.51. The molecule has 0 unspecified atom stereocenters. The third-order valence-electron chi connectivity index (χ3n) is 4.50. The summed E-state index contributed by atoms with van der Waals surface area (Å²) in [6.07, 6.45) is 0. The normalized spacial score (nSPS) is 18.8. The molecule has 1 heterocycles. The number of carbonyl (C=O) groups is 1. The summed E-state index contributed by atoms with van der Waals surface area (Å²) in [6, 6.07) is 11.4. The lowest BCUT2D eigenvalue weighted by molar-refractivity contribution is -0.384. The van der Waals surface area contributed by atoms with Crippen molar-refractivity contribution in [3.8, 4) is 0 Å². The topological polar surface area (TPSA) is 96.3 Å². The second-order valence-electron chi connectivity index (χ2n) is 6.79. The lowest BCUT2D eigenvalue weighted by Gasteiger charge is -2.35. The molecule has 0 saturated carbocycles. The molecule has 1 amide bonds. The maximum Gasteiger partial charge on any atom is 0.269 e. The van der Waals surface area contributed by atoms with E-state index in [4.69, 9.17) is 12.2 Å². The highest BCUT2D eigenvalue weighted by Gasteiger charge is 2.36. The van der Waals surface area contributed by atoms with E-state index in [0.29, 0.717) is 22.1 Å². The van der Waals surface area contributed by atoms with Crippen molar-refractivity contribution in [2.45, 2.75) is 19.9 Å². The standard InChI is InChI=1S/C20H20N4O3S/c1-11-8-12(2)10-15(9-11)22-19(25)17-13(3)21-20(28)23-18(17)14-4-6-16(7-5-14)24(26)27/h4-10,17-18H,3H2,1-2H3,(H,22,25)(H2,21,23,28)/t17-,18+/m1/s1. The van der Waals surface area contributed by atoms with Gasteiger partial charge in [-0.1, -0.05) is 24.8 Å². The van der Waals surface area contributed by atoms with Crippen LogP contribution in [0.5, 0.6) is 0 Å². The summed E-state index contributed by atoms with van der Waals surface area (Å²) < 4.78 is 0. The molecule has 0 aromatic heterocycles. The third-order valence-corrected chi connectivity index (χ3v) is 4.72. The van der Waals surface area contributed by atoms with Crippen molar-refractivity contribution in [1.82, 2.24) is 10.6 Å². The first-order valence-electron chi connectivity index (χ1n) is 8.64. The fourth-order valence-corrected chi connectivity index (χ4v) is 3.60. The van der Waals surface area contributed by atoms with Gasteiger partial charge < -0.3 is 16.0 Å². The van der Waals surface area contributed by atoms with Crippen LogP contribution in [0.2, 0.25) is 0 Å². The van der Waals surface area contributed by atoms with Crippen molar-refractivity contribution >= 4 is 34.6 Å². The Balaban J connectivity index is 1.90. The molecule has 1 saturated heterocycles. The van der Waals surface area contributed by atoms with Crippen LogP contribution >= 0.6 is 12.2 Å². The van der Waals surface area contributed by atoms with Crippen molar-refractivity contribution in [3.63, 3.8) is 0 Å². The van der Waals surface area contributed by atoms with Crippen LogP contribution in [0.15, 0.2) is 54.7 Å². The fraction of sp³-hybridized carbons (Fsp3) is 0.200. The average Bonchev–Trinajstić information content (AvgIpc) is 2.60. The zero-order valence-corrected chi connectivity index (χ0v) is 16.3. The van der Waals surface area contributed by atoms with Gasteiger partial charge in [0.05, 0.1) is 11.0 Å². The van der Waals surface area contributed by atoms with Gasteiger partial charge in [0.15, 0.2) is 5.11 Å². The first-order valence-corrected chi connectivity index (χ1v) is 9.05. The van der Waals surface area contributed by atoms with Gasteiger partial charge in [-0.15, -0.1) is 0 Å². The first kappa shape index (κ1) is 19.5. The minimum absolute atomic E-state index is 0.0182. The van der Waals surface area contributed by atoms with Gasteiger partial charge in [0, 0.05) is 23.5 Å². The van der Waals surface area contributed by atoms with E-state index in [9.17, 15) is 14.9 Å². The molecule has 1 aliphatic heterocycles. The van der Waals surface area contributed by atoms with E-state index in [-0.39, 0.29) is 11.6 Å². The summed E-state index contributed by atoms with van der Waals surface area (Å²) in [7, 11) is 0. The molecule has 0 bridgehead atoms. The van der Waals surface area contributed by atoms with E-state index in [1.165, 1.54) is 12.1 Å². The minimum atomic E-state index is -0.658. The molecule has 0 spiro atoms. The number of non-ortho nitro benzene ring substituents is 1. The monoisotopic (exact) mass is 396 g/mol. The number of aryl methyl sites for hydroxylation is 2. The molecule has 144 valence electrons. The van der Waals surface area contributed by atoms with Gasteiger partial charge in [0.2, 0.25) is 5.91 Å². The van der Waals surface area contributed by atoms with Gasteiger partial charge in [0.25, 0.3) is 5.69 Å². The van der Waals surface area contributed by atoms with E-state index in [1.54, 1.807) is 12.1 Å². The summed E-state index contributed by atoms with van der Waals surface area (Å²) in [5, 5.41) is 20.2. The number of hydrogen-bond acceptors (Lipinski definition) is 4. The summed E-state index contributed by atoms with van der Waals surface area (Å²) >= 11 is 5.21. The lowest BCUT2D eigenvalue weighted by atomic mass is 9.88. The van der Waals surface area contributed by atoms with Gasteiger partial charge in [-0.05, 0) is 54.9 Å². The number of nitrogens with one attached hydrogen (secondary N) is 3. The molecule has 2 atom stereocenters. The number of amides is 1. The number of nitro groups is 1. The van der Waals surface area contributed by atoms with Crippen molar-refractivity contribution in [2.24, 2.45) is 5.92 Å². The molecule has 2 aromatic carbocycles. The van der Waals surface area contributed by atoms with E-state index in [1.807, 2.05) is 32.0 Å². The number of carbonyl (C=O) groups excluding carboxylic acids is 1. The van der Waals surface area contributed by atoms with Crippen LogP contribution < -0.4 is 16.0 Å². The Morgan fingerprint density at radius 2 is 1.79 bits per heavy atom.